The topological polar surface area (TPSA) is 66.5 Å². The Morgan fingerprint density at radius 2 is 2.04 bits per heavy atom. The fourth-order valence-electron chi connectivity index (χ4n) is 4.29. The van der Waals surface area contributed by atoms with E-state index in [4.69, 9.17) is 0 Å². The number of anilines is 1. The highest BCUT2D eigenvalue weighted by Crippen LogP contribution is 2.30. The van der Waals surface area contributed by atoms with E-state index in [2.05, 4.69) is 5.32 Å². The summed E-state index contributed by atoms with van der Waals surface area (Å²) in [5.74, 6) is 0.722. The van der Waals surface area contributed by atoms with Gasteiger partial charge in [-0.3, -0.25) is 14.4 Å². The molecule has 0 spiro atoms. The van der Waals surface area contributed by atoms with Crippen LogP contribution in [0.25, 0.3) is 0 Å². The lowest BCUT2D eigenvalue weighted by atomic mass is 9.80. The molecule has 0 aromatic heterocycles. The van der Waals surface area contributed by atoms with Crippen molar-refractivity contribution < 1.29 is 14.4 Å². The van der Waals surface area contributed by atoms with Crippen molar-refractivity contribution in [2.45, 2.75) is 46.0 Å². The average Bonchev–Trinajstić information content (AvgIpc) is 2.65. The summed E-state index contributed by atoms with van der Waals surface area (Å²) >= 11 is 0. The van der Waals surface area contributed by atoms with Crippen LogP contribution < -0.4 is 10.2 Å². The fraction of sp³-hybridized carbons (Fsp3) is 0.571. The number of hydrogen-bond donors (Lipinski definition) is 1. The molecule has 0 radical (unpaired) electrons. The zero-order chi connectivity index (χ0) is 18.7. The molecular weight excluding hydrogens is 328 g/mol. The van der Waals surface area contributed by atoms with Gasteiger partial charge in [-0.15, -0.1) is 0 Å². The number of ketones is 2. The molecule has 5 heteroatoms. The Bertz CT molecular complexity index is 713. The summed E-state index contributed by atoms with van der Waals surface area (Å²) < 4.78 is 0. The van der Waals surface area contributed by atoms with E-state index in [1.807, 2.05) is 18.2 Å². The molecule has 1 aromatic rings. The highest BCUT2D eigenvalue weighted by molar-refractivity contribution is 5.98. The van der Waals surface area contributed by atoms with Gasteiger partial charge in [0, 0.05) is 43.6 Å². The molecule has 1 N–H and O–H groups in total. The number of Topliss-reactive ketones (excluding diaryl/α,β-unsaturated/α-hetero) is 2. The number of nitrogens with zero attached hydrogens (tertiary/aromatic N) is 1. The smallest absolute Gasteiger partial charge is 0.223 e. The molecule has 2 unspecified atom stereocenters. The molecular formula is C21H28N2O3. The predicted octanol–water partition coefficient (Wildman–Crippen LogP) is 2.76. The quantitative estimate of drug-likeness (QED) is 0.824. The number of fused-ring (bicyclic) bond motifs is 1. The van der Waals surface area contributed by atoms with E-state index in [1.54, 1.807) is 18.7 Å². The van der Waals surface area contributed by atoms with Gasteiger partial charge in [0.1, 0.15) is 5.78 Å². The lowest BCUT2D eigenvalue weighted by Gasteiger charge is -2.30. The number of piperidine rings is 1. The van der Waals surface area contributed by atoms with Gasteiger partial charge in [0.25, 0.3) is 0 Å². The van der Waals surface area contributed by atoms with Crippen LogP contribution in [0.4, 0.5) is 5.69 Å². The van der Waals surface area contributed by atoms with Gasteiger partial charge in [-0.05, 0) is 68.8 Å². The highest BCUT2D eigenvalue weighted by Gasteiger charge is 2.29. The Morgan fingerprint density at radius 3 is 2.77 bits per heavy atom. The minimum absolute atomic E-state index is 0.0317. The van der Waals surface area contributed by atoms with Gasteiger partial charge in [0.2, 0.25) is 5.91 Å². The molecule has 0 aliphatic carbocycles. The fourth-order valence-corrected chi connectivity index (χ4v) is 4.29. The third-order valence-electron chi connectivity index (χ3n) is 5.79. The maximum Gasteiger partial charge on any atom is 0.223 e. The first kappa shape index (κ1) is 18.8. The van der Waals surface area contributed by atoms with E-state index in [0.29, 0.717) is 12.3 Å². The van der Waals surface area contributed by atoms with E-state index in [9.17, 15) is 14.4 Å². The monoisotopic (exact) mass is 356 g/mol. The molecule has 26 heavy (non-hydrogen) atoms. The lowest BCUT2D eigenvalue weighted by Crippen LogP contribution is -2.40. The number of hydrogen-bond acceptors (Lipinski definition) is 4. The van der Waals surface area contributed by atoms with Gasteiger partial charge in [0.05, 0.1) is 0 Å². The van der Waals surface area contributed by atoms with E-state index < -0.39 is 0 Å². The minimum Gasteiger partial charge on any atom is -0.316 e. The van der Waals surface area contributed by atoms with Crippen molar-refractivity contribution in [3.63, 3.8) is 0 Å². The van der Waals surface area contributed by atoms with Crippen molar-refractivity contribution in [3.8, 4) is 0 Å². The standard InChI is InChI=1S/C21H28N2O3/c1-14(24)19-13-22-10-9-16(19)6-8-21(26)18-5-7-20-17(12-18)4-3-11-23(20)15(2)25/h5,7,12,16,19,22H,3-4,6,8-11,13H2,1-2H3. The van der Waals surface area contributed by atoms with E-state index in [-0.39, 0.29) is 23.4 Å². The Hall–Kier alpha value is -2.01. The molecule has 2 atom stereocenters. The minimum atomic E-state index is 0.0317. The van der Waals surface area contributed by atoms with Crippen molar-refractivity contribution in [2.75, 3.05) is 24.5 Å². The number of nitrogens with one attached hydrogen (secondary N) is 1. The Kier molecular flexibility index (Phi) is 5.87. The molecule has 3 rings (SSSR count). The third-order valence-corrected chi connectivity index (χ3v) is 5.79. The number of carbonyl (C=O) groups excluding carboxylic acids is 3. The van der Waals surface area contributed by atoms with E-state index in [1.165, 1.54) is 0 Å². The molecule has 1 fully saturated rings. The van der Waals surface area contributed by atoms with Crippen LogP contribution in [0.3, 0.4) is 0 Å². The Morgan fingerprint density at radius 1 is 1.23 bits per heavy atom. The predicted molar refractivity (Wildman–Crippen MR) is 102 cm³/mol. The van der Waals surface area contributed by atoms with Gasteiger partial charge >= 0.3 is 0 Å². The van der Waals surface area contributed by atoms with Crippen LogP contribution in [0.15, 0.2) is 18.2 Å². The molecule has 5 nitrogen and oxygen atoms in total. The summed E-state index contributed by atoms with van der Waals surface area (Å²) in [5, 5.41) is 3.27. The second kappa shape index (κ2) is 8.12. The van der Waals surface area contributed by atoms with Crippen LogP contribution in [-0.2, 0) is 16.0 Å². The van der Waals surface area contributed by atoms with Gasteiger partial charge in [-0.1, -0.05) is 0 Å². The molecule has 1 saturated heterocycles. The summed E-state index contributed by atoms with van der Waals surface area (Å²) in [6.07, 6.45) is 4.03. The summed E-state index contributed by atoms with van der Waals surface area (Å²) in [7, 11) is 0. The molecule has 2 heterocycles. The Labute approximate surface area is 155 Å². The lowest BCUT2D eigenvalue weighted by molar-refractivity contribution is -0.123. The van der Waals surface area contributed by atoms with Crippen LogP contribution in [-0.4, -0.2) is 37.1 Å². The molecule has 2 aliphatic rings. The van der Waals surface area contributed by atoms with Gasteiger partial charge in [0.15, 0.2) is 5.78 Å². The van der Waals surface area contributed by atoms with Gasteiger partial charge in [-0.2, -0.15) is 0 Å². The van der Waals surface area contributed by atoms with Crippen LogP contribution in [0.1, 0.15) is 55.5 Å². The van der Waals surface area contributed by atoms with Gasteiger partial charge < -0.3 is 10.2 Å². The Balaban J connectivity index is 1.67. The SMILES string of the molecule is CC(=O)C1CNCCC1CCC(=O)c1ccc2c(c1)CCCN2C(C)=O. The number of rotatable bonds is 5. The molecule has 2 aliphatic heterocycles. The van der Waals surface area contributed by atoms with Crippen molar-refractivity contribution in [1.29, 1.82) is 0 Å². The first-order valence-electron chi connectivity index (χ1n) is 9.62. The molecule has 140 valence electrons. The molecule has 0 bridgehead atoms. The van der Waals surface area contributed by atoms with Crippen molar-refractivity contribution >= 4 is 23.2 Å². The maximum absolute atomic E-state index is 12.7. The van der Waals surface area contributed by atoms with E-state index >= 15 is 0 Å². The van der Waals surface area contributed by atoms with Crippen LogP contribution in [0.2, 0.25) is 0 Å². The van der Waals surface area contributed by atoms with Crippen LogP contribution in [0, 0.1) is 11.8 Å². The summed E-state index contributed by atoms with van der Waals surface area (Å²) in [4.78, 5) is 38.1. The average molecular weight is 356 g/mol. The van der Waals surface area contributed by atoms with Crippen molar-refractivity contribution in [1.82, 2.24) is 5.32 Å². The third kappa shape index (κ3) is 4.04. The number of amides is 1. The van der Waals surface area contributed by atoms with Crippen molar-refractivity contribution in [2.24, 2.45) is 11.8 Å². The summed E-state index contributed by atoms with van der Waals surface area (Å²) in [6.45, 7) is 5.63. The van der Waals surface area contributed by atoms with Crippen LogP contribution in [0.5, 0.6) is 0 Å². The second-order valence-corrected chi connectivity index (χ2v) is 7.55. The first-order valence-corrected chi connectivity index (χ1v) is 9.62. The summed E-state index contributed by atoms with van der Waals surface area (Å²) in [5.41, 5.74) is 2.75. The highest BCUT2D eigenvalue weighted by atomic mass is 16.2. The zero-order valence-corrected chi connectivity index (χ0v) is 15.7. The van der Waals surface area contributed by atoms with Crippen molar-refractivity contribution in [3.05, 3.63) is 29.3 Å². The zero-order valence-electron chi connectivity index (χ0n) is 15.7. The van der Waals surface area contributed by atoms with E-state index in [0.717, 1.165) is 62.1 Å². The molecule has 0 saturated carbocycles. The number of carbonyl (C=O) groups is 3. The maximum atomic E-state index is 12.7. The molecule has 1 aromatic carbocycles. The van der Waals surface area contributed by atoms with Gasteiger partial charge in [-0.25, -0.2) is 0 Å². The summed E-state index contributed by atoms with van der Waals surface area (Å²) in [6, 6.07) is 5.71. The normalized spacial score (nSPS) is 22.6. The number of aryl methyl sites for hydroxylation is 1. The number of benzene rings is 1. The van der Waals surface area contributed by atoms with Crippen LogP contribution >= 0.6 is 0 Å². The first-order chi connectivity index (χ1) is 12.5. The second-order valence-electron chi connectivity index (χ2n) is 7.55. The largest absolute Gasteiger partial charge is 0.316 e. The molecule has 1 amide bonds.